The SMILES string of the molecule is COc1ccc(CNC(=O)C[C@@H]2CN(C)C[C@H]2O)c(C)c1. The molecule has 1 amide bonds. The fourth-order valence-corrected chi connectivity index (χ4v) is 2.76. The maximum Gasteiger partial charge on any atom is 0.220 e. The molecule has 0 saturated carbocycles. The van der Waals surface area contributed by atoms with Crippen molar-refractivity contribution in [2.45, 2.75) is 26.0 Å². The van der Waals surface area contributed by atoms with E-state index in [0.717, 1.165) is 23.4 Å². The number of hydrogen-bond acceptors (Lipinski definition) is 4. The molecule has 0 aliphatic carbocycles. The zero-order valence-electron chi connectivity index (χ0n) is 12.9. The van der Waals surface area contributed by atoms with Crippen molar-refractivity contribution in [1.29, 1.82) is 0 Å². The predicted molar refractivity (Wildman–Crippen MR) is 81.2 cm³/mol. The molecule has 0 bridgehead atoms. The normalized spacial score (nSPS) is 22.3. The number of nitrogens with one attached hydrogen (secondary N) is 1. The summed E-state index contributed by atoms with van der Waals surface area (Å²) >= 11 is 0. The summed E-state index contributed by atoms with van der Waals surface area (Å²) in [7, 11) is 3.60. The number of nitrogens with zero attached hydrogens (tertiary/aromatic N) is 1. The third-order valence-electron chi connectivity index (χ3n) is 4.06. The van der Waals surface area contributed by atoms with Crippen molar-refractivity contribution in [3.63, 3.8) is 0 Å². The second kappa shape index (κ2) is 6.91. The Morgan fingerprint density at radius 2 is 2.24 bits per heavy atom. The average molecular weight is 292 g/mol. The van der Waals surface area contributed by atoms with E-state index in [1.54, 1.807) is 7.11 Å². The molecule has 1 aromatic rings. The van der Waals surface area contributed by atoms with Gasteiger partial charge in [-0.3, -0.25) is 4.79 Å². The molecule has 1 aliphatic rings. The number of β-amino-alcohol motifs (C(OH)–C–C–N with tert-alkyl or cyclic N) is 1. The molecule has 21 heavy (non-hydrogen) atoms. The quantitative estimate of drug-likeness (QED) is 0.847. The Morgan fingerprint density at radius 1 is 1.48 bits per heavy atom. The van der Waals surface area contributed by atoms with Crippen molar-refractivity contribution < 1.29 is 14.6 Å². The van der Waals surface area contributed by atoms with E-state index >= 15 is 0 Å². The monoisotopic (exact) mass is 292 g/mol. The summed E-state index contributed by atoms with van der Waals surface area (Å²) < 4.78 is 5.17. The summed E-state index contributed by atoms with van der Waals surface area (Å²) in [5.74, 6) is 0.844. The molecule has 0 spiro atoms. The Bertz CT molecular complexity index is 504. The van der Waals surface area contributed by atoms with Crippen LogP contribution in [0.3, 0.4) is 0 Å². The number of hydrogen-bond donors (Lipinski definition) is 2. The number of aliphatic hydroxyl groups is 1. The molecule has 1 aliphatic heterocycles. The van der Waals surface area contributed by atoms with Crippen LogP contribution in [0, 0.1) is 12.8 Å². The number of likely N-dealkylation sites (N-methyl/N-ethyl adjacent to an activating group) is 1. The molecule has 2 rings (SSSR count). The van der Waals surface area contributed by atoms with Gasteiger partial charge in [-0.2, -0.15) is 0 Å². The molecule has 5 nitrogen and oxygen atoms in total. The lowest BCUT2D eigenvalue weighted by Crippen LogP contribution is -2.29. The highest BCUT2D eigenvalue weighted by molar-refractivity contribution is 5.76. The first-order valence-electron chi connectivity index (χ1n) is 7.26. The van der Waals surface area contributed by atoms with Crippen LogP contribution in [0.4, 0.5) is 0 Å². The molecule has 0 radical (unpaired) electrons. The molecular formula is C16H24N2O3. The molecule has 2 N–H and O–H groups in total. The van der Waals surface area contributed by atoms with Crippen LogP contribution < -0.4 is 10.1 Å². The Labute approximate surface area is 125 Å². The maximum atomic E-state index is 12.0. The van der Waals surface area contributed by atoms with E-state index in [1.165, 1.54) is 0 Å². The van der Waals surface area contributed by atoms with Gasteiger partial charge in [0.05, 0.1) is 13.2 Å². The Kier molecular flexibility index (Phi) is 5.20. The highest BCUT2D eigenvalue weighted by Crippen LogP contribution is 2.19. The van der Waals surface area contributed by atoms with Crippen molar-refractivity contribution in [3.05, 3.63) is 29.3 Å². The summed E-state index contributed by atoms with van der Waals surface area (Å²) in [5, 5.41) is 12.8. The summed E-state index contributed by atoms with van der Waals surface area (Å²) in [6.07, 6.45) is -0.0239. The van der Waals surface area contributed by atoms with Crippen LogP contribution in [-0.4, -0.2) is 49.3 Å². The van der Waals surface area contributed by atoms with Gasteiger partial charge in [0.25, 0.3) is 0 Å². The Morgan fingerprint density at radius 3 is 2.81 bits per heavy atom. The van der Waals surface area contributed by atoms with E-state index in [-0.39, 0.29) is 11.8 Å². The lowest BCUT2D eigenvalue weighted by Gasteiger charge is -2.14. The number of aryl methyl sites for hydroxylation is 1. The number of ether oxygens (including phenoxy) is 1. The lowest BCUT2D eigenvalue weighted by atomic mass is 10.0. The fourth-order valence-electron chi connectivity index (χ4n) is 2.76. The van der Waals surface area contributed by atoms with Crippen LogP contribution in [0.1, 0.15) is 17.5 Å². The summed E-state index contributed by atoms with van der Waals surface area (Å²) in [6, 6.07) is 5.81. The minimum Gasteiger partial charge on any atom is -0.497 e. The summed E-state index contributed by atoms with van der Waals surface area (Å²) in [4.78, 5) is 14.0. The van der Waals surface area contributed by atoms with Crippen molar-refractivity contribution in [2.24, 2.45) is 5.92 Å². The van der Waals surface area contributed by atoms with Crippen molar-refractivity contribution in [3.8, 4) is 5.75 Å². The van der Waals surface area contributed by atoms with Gasteiger partial charge in [0.1, 0.15) is 5.75 Å². The third-order valence-corrected chi connectivity index (χ3v) is 4.06. The van der Waals surface area contributed by atoms with Crippen LogP contribution >= 0.6 is 0 Å². The zero-order valence-corrected chi connectivity index (χ0v) is 12.9. The number of benzene rings is 1. The summed E-state index contributed by atoms with van der Waals surface area (Å²) in [6.45, 7) is 3.93. The molecule has 1 heterocycles. The smallest absolute Gasteiger partial charge is 0.220 e. The number of aliphatic hydroxyl groups excluding tert-OH is 1. The molecule has 5 heteroatoms. The highest BCUT2D eigenvalue weighted by atomic mass is 16.5. The van der Waals surface area contributed by atoms with E-state index in [9.17, 15) is 9.90 Å². The number of methoxy groups -OCH3 is 1. The van der Waals surface area contributed by atoms with Crippen LogP contribution in [0.5, 0.6) is 5.75 Å². The number of rotatable bonds is 5. The molecule has 1 fully saturated rings. The minimum absolute atomic E-state index is 0.00966. The molecule has 1 saturated heterocycles. The van der Waals surface area contributed by atoms with Crippen LogP contribution in [0.15, 0.2) is 18.2 Å². The molecule has 0 aromatic heterocycles. The van der Waals surface area contributed by atoms with Gasteiger partial charge in [0.15, 0.2) is 0 Å². The van der Waals surface area contributed by atoms with E-state index < -0.39 is 6.10 Å². The molecule has 116 valence electrons. The van der Waals surface area contributed by atoms with Crippen molar-refractivity contribution >= 4 is 5.91 Å². The van der Waals surface area contributed by atoms with Gasteiger partial charge in [-0.1, -0.05) is 6.07 Å². The Balaban J connectivity index is 1.84. The first-order valence-corrected chi connectivity index (χ1v) is 7.26. The van der Waals surface area contributed by atoms with Gasteiger partial charge in [0.2, 0.25) is 5.91 Å². The fraction of sp³-hybridized carbons (Fsp3) is 0.562. The molecule has 0 unspecified atom stereocenters. The van der Waals surface area contributed by atoms with Crippen LogP contribution in [0.25, 0.3) is 0 Å². The first-order chi connectivity index (χ1) is 9.99. The number of carbonyl (C=O) groups excluding carboxylic acids is 1. The summed E-state index contributed by atoms with van der Waals surface area (Å²) in [5.41, 5.74) is 2.17. The largest absolute Gasteiger partial charge is 0.497 e. The van der Waals surface area contributed by atoms with Crippen LogP contribution in [0.2, 0.25) is 0 Å². The average Bonchev–Trinajstić information content (AvgIpc) is 2.75. The van der Waals surface area contributed by atoms with Gasteiger partial charge in [-0.25, -0.2) is 0 Å². The highest BCUT2D eigenvalue weighted by Gasteiger charge is 2.30. The van der Waals surface area contributed by atoms with Gasteiger partial charge >= 0.3 is 0 Å². The number of likely N-dealkylation sites (tertiary alicyclic amines) is 1. The second-order valence-electron chi connectivity index (χ2n) is 5.82. The first kappa shape index (κ1) is 15.8. The minimum atomic E-state index is -0.400. The Hall–Kier alpha value is -1.59. The van der Waals surface area contributed by atoms with Gasteiger partial charge in [-0.15, -0.1) is 0 Å². The van der Waals surface area contributed by atoms with E-state index in [2.05, 4.69) is 10.2 Å². The van der Waals surface area contributed by atoms with Crippen molar-refractivity contribution in [2.75, 3.05) is 27.2 Å². The van der Waals surface area contributed by atoms with Gasteiger partial charge in [0, 0.05) is 32.0 Å². The van der Waals surface area contributed by atoms with Crippen molar-refractivity contribution in [1.82, 2.24) is 10.2 Å². The van der Waals surface area contributed by atoms with E-state index in [0.29, 0.717) is 19.5 Å². The molecular weight excluding hydrogens is 268 g/mol. The maximum absolute atomic E-state index is 12.0. The van der Waals surface area contributed by atoms with Gasteiger partial charge in [-0.05, 0) is 37.2 Å². The van der Waals surface area contributed by atoms with E-state index in [1.807, 2.05) is 32.2 Å². The standard InChI is InChI=1S/C16H24N2O3/c1-11-6-14(21-3)5-4-12(11)8-17-16(20)7-13-9-18(2)10-15(13)19/h4-6,13,15,19H,7-10H2,1-3H3,(H,17,20)/t13-,15-/m1/s1. The lowest BCUT2D eigenvalue weighted by molar-refractivity contribution is -0.122. The third kappa shape index (κ3) is 4.19. The molecule has 1 aromatic carbocycles. The predicted octanol–water partition coefficient (Wildman–Crippen LogP) is 0.932. The number of carbonyl (C=O) groups is 1. The zero-order chi connectivity index (χ0) is 15.4. The van der Waals surface area contributed by atoms with E-state index in [4.69, 9.17) is 4.74 Å². The van der Waals surface area contributed by atoms with Crippen LogP contribution in [-0.2, 0) is 11.3 Å². The molecule has 2 atom stereocenters. The van der Waals surface area contributed by atoms with Gasteiger partial charge < -0.3 is 20.1 Å². The second-order valence-corrected chi connectivity index (χ2v) is 5.82. The number of amides is 1. The topological polar surface area (TPSA) is 61.8 Å².